The molecule has 0 saturated carbocycles. The maximum absolute atomic E-state index is 13.9. The molecule has 5 aromatic rings. The van der Waals surface area contributed by atoms with Gasteiger partial charge in [0.25, 0.3) is 5.91 Å². The molecule has 40 heavy (non-hydrogen) atoms. The Bertz CT molecular complexity index is 1630. The fraction of sp³-hybridized carbons (Fsp3) is 0.194. The molecule has 3 aromatic heterocycles. The number of ether oxygens (including phenoxy) is 1. The van der Waals surface area contributed by atoms with Crippen LogP contribution in [0.3, 0.4) is 0 Å². The molecule has 1 aliphatic rings. The zero-order chi connectivity index (χ0) is 27.5. The molecule has 1 N–H and O–H groups in total. The van der Waals surface area contributed by atoms with Crippen molar-refractivity contribution in [3.8, 4) is 33.5 Å². The molecule has 0 bridgehead atoms. The Morgan fingerprint density at radius 3 is 2.15 bits per heavy atom. The topological polar surface area (TPSA) is 80.5 Å². The Hall–Kier alpha value is -4.47. The minimum Gasteiger partial charge on any atom is -0.433 e. The smallest absolute Gasteiger partial charge is 0.287 e. The highest BCUT2D eigenvalue weighted by atomic mass is 19.1. The SMILES string of the molecule is O=C(NCCN1CCOCC1)c1cc2c(-c3ccc(F)cc3)c(-c3ccncc3)c(-c3ccc(F)cc3)nc2o1. The third-order valence-electron chi connectivity index (χ3n) is 6.94. The third kappa shape index (κ3) is 5.34. The number of aromatic nitrogens is 2. The number of carbonyl (C=O) groups is 1. The lowest BCUT2D eigenvalue weighted by Crippen LogP contribution is -2.41. The first kappa shape index (κ1) is 25.8. The van der Waals surface area contributed by atoms with Crippen LogP contribution in [0.25, 0.3) is 44.6 Å². The highest BCUT2D eigenvalue weighted by Gasteiger charge is 2.24. The minimum atomic E-state index is -0.372. The molecule has 1 fully saturated rings. The van der Waals surface area contributed by atoms with Crippen LogP contribution in [0.2, 0.25) is 0 Å². The number of furan rings is 1. The van der Waals surface area contributed by atoms with E-state index in [0.29, 0.717) is 54.1 Å². The number of hydrogen-bond donors (Lipinski definition) is 1. The summed E-state index contributed by atoms with van der Waals surface area (Å²) >= 11 is 0. The van der Waals surface area contributed by atoms with Crippen LogP contribution in [0.4, 0.5) is 8.78 Å². The van der Waals surface area contributed by atoms with E-state index in [0.717, 1.165) is 24.2 Å². The summed E-state index contributed by atoms with van der Waals surface area (Å²) in [5.41, 5.74) is 4.40. The van der Waals surface area contributed by atoms with E-state index in [1.165, 1.54) is 24.3 Å². The van der Waals surface area contributed by atoms with Crippen LogP contribution in [0.5, 0.6) is 0 Å². The number of nitrogens with one attached hydrogen (secondary N) is 1. The van der Waals surface area contributed by atoms with Gasteiger partial charge in [0.15, 0.2) is 5.76 Å². The number of hydrogen-bond acceptors (Lipinski definition) is 6. The number of nitrogens with zero attached hydrogens (tertiary/aromatic N) is 3. The average Bonchev–Trinajstić information content (AvgIpc) is 3.42. The lowest BCUT2D eigenvalue weighted by atomic mass is 9.89. The van der Waals surface area contributed by atoms with E-state index in [-0.39, 0.29) is 29.0 Å². The first-order valence-corrected chi connectivity index (χ1v) is 13.0. The van der Waals surface area contributed by atoms with Crippen LogP contribution in [0.1, 0.15) is 10.6 Å². The Labute approximate surface area is 229 Å². The van der Waals surface area contributed by atoms with Gasteiger partial charge in [-0.2, -0.15) is 0 Å². The second kappa shape index (κ2) is 11.3. The predicted octanol–water partition coefficient (Wildman–Crippen LogP) is 5.56. The van der Waals surface area contributed by atoms with Crippen molar-refractivity contribution in [2.75, 3.05) is 39.4 Å². The van der Waals surface area contributed by atoms with Gasteiger partial charge in [-0.1, -0.05) is 12.1 Å². The van der Waals surface area contributed by atoms with Crippen LogP contribution >= 0.6 is 0 Å². The van der Waals surface area contributed by atoms with Crippen molar-refractivity contribution in [3.05, 3.63) is 96.5 Å². The summed E-state index contributed by atoms with van der Waals surface area (Å²) in [5, 5.41) is 3.53. The van der Waals surface area contributed by atoms with Crippen LogP contribution in [-0.2, 0) is 4.74 Å². The number of pyridine rings is 2. The summed E-state index contributed by atoms with van der Waals surface area (Å²) in [6.45, 7) is 4.19. The largest absolute Gasteiger partial charge is 0.433 e. The van der Waals surface area contributed by atoms with Crippen molar-refractivity contribution in [3.63, 3.8) is 0 Å². The van der Waals surface area contributed by atoms with Gasteiger partial charge in [-0.05, 0) is 65.7 Å². The monoisotopic (exact) mass is 540 g/mol. The van der Waals surface area contributed by atoms with Gasteiger partial charge in [-0.15, -0.1) is 0 Å². The van der Waals surface area contributed by atoms with Crippen molar-refractivity contribution in [2.24, 2.45) is 0 Å². The quantitative estimate of drug-likeness (QED) is 0.291. The number of carbonyl (C=O) groups excluding carboxylic acids is 1. The molecule has 1 aliphatic heterocycles. The van der Waals surface area contributed by atoms with Gasteiger partial charge < -0.3 is 14.5 Å². The molecule has 6 rings (SSSR count). The number of rotatable bonds is 7. The van der Waals surface area contributed by atoms with Crippen LogP contribution in [0.15, 0.2) is 83.5 Å². The van der Waals surface area contributed by atoms with E-state index in [1.54, 1.807) is 42.7 Å². The van der Waals surface area contributed by atoms with E-state index in [4.69, 9.17) is 14.1 Å². The maximum Gasteiger partial charge on any atom is 0.287 e. The second-order valence-electron chi connectivity index (χ2n) is 9.50. The molecule has 0 radical (unpaired) electrons. The average molecular weight is 541 g/mol. The summed E-state index contributed by atoms with van der Waals surface area (Å²) in [6.07, 6.45) is 3.34. The highest BCUT2D eigenvalue weighted by molar-refractivity contribution is 6.08. The van der Waals surface area contributed by atoms with Gasteiger partial charge >= 0.3 is 0 Å². The Balaban J connectivity index is 1.48. The highest BCUT2D eigenvalue weighted by Crippen LogP contribution is 2.44. The third-order valence-corrected chi connectivity index (χ3v) is 6.94. The van der Waals surface area contributed by atoms with Crippen molar-refractivity contribution < 1.29 is 22.7 Å². The Morgan fingerprint density at radius 1 is 0.850 bits per heavy atom. The van der Waals surface area contributed by atoms with Crippen molar-refractivity contribution in [1.29, 1.82) is 0 Å². The van der Waals surface area contributed by atoms with E-state index < -0.39 is 0 Å². The van der Waals surface area contributed by atoms with Gasteiger partial charge in [-0.3, -0.25) is 14.7 Å². The van der Waals surface area contributed by atoms with Crippen LogP contribution in [-0.4, -0.2) is 60.2 Å². The van der Waals surface area contributed by atoms with Gasteiger partial charge in [0, 0.05) is 60.6 Å². The van der Waals surface area contributed by atoms with E-state index >= 15 is 0 Å². The zero-order valence-electron chi connectivity index (χ0n) is 21.6. The molecule has 7 nitrogen and oxygen atoms in total. The van der Waals surface area contributed by atoms with Gasteiger partial charge in [-0.25, -0.2) is 13.8 Å². The molecule has 0 unspecified atom stereocenters. The summed E-state index contributed by atoms with van der Waals surface area (Å²) in [7, 11) is 0. The van der Waals surface area contributed by atoms with E-state index in [2.05, 4.69) is 15.2 Å². The molecule has 0 spiro atoms. The maximum atomic E-state index is 13.9. The molecule has 4 heterocycles. The van der Waals surface area contributed by atoms with Crippen LogP contribution < -0.4 is 5.32 Å². The Morgan fingerprint density at radius 2 is 1.48 bits per heavy atom. The summed E-state index contributed by atoms with van der Waals surface area (Å²) in [5.74, 6) is -0.983. The minimum absolute atomic E-state index is 0.116. The first-order chi connectivity index (χ1) is 19.6. The number of benzene rings is 2. The fourth-order valence-electron chi connectivity index (χ4n) is 4.94. The number of halogens is 2. The molecule has 1 amide bonds. The molecule has 0 atom stereocenters. The molecule has 9 heteroatoms. The van der Waals surface area contributed by atoms with Crippen molar-refractivity contribution in [1.82, 2.24) is 20.2 Å². The van der Waals surface area contributed by atoms with Gasteiger partial charge in [0.1, 0.15) is 11.6 Å². The number of morpholine rings is 1. The normalized spacial score (nSPS) is 13.9. The molecule has 0 aliphatic carbocycles. The van der Waals surface area contributed by atoms with E-state index in [1.807, 2.05) is 12.1 Å². The van der Waals surface area contributed by atoms with Crippen molar-refractivity contribution in [2.45, 2.75) is 0 Å². The van der Waals surface area contributed by atoms with E-state index in [9.17, 15) is 13.6 Å². The van der Waals surface area contributed by atoms with Gasteiger partial charge in [0.05, 0.1) is 18.9 Å². The predicted molar refractivity (Wildman–Crippen MR) is 148 cm³/mol. The number of amides is 1. The fourth-order valence-corrected chi connectivity index (χ4v) is 4.94. The Kier molecular flexibility index (Phi) is 7.31. The van der Waals surface area contributed by atoms with Gasteiger partial charge in [0.2, 0.25) is 5.71 Å². The molecule has 2 aromatic carbocycles. The van der Waals surface area contributed by atoms with Crippen LogP contribution in [0, 0.1) is 11.6 Å². The molecule has 1 saturated heterocycles. The summed E-state index contributed by atoms with van der Waals surface area (Å²) in [6, 6.07) is 17.5. The molecule has 202 valence electrons. The summed E-state index contributed by atoms with van der Waals surface area (Å²) < 4.78 is 39.2. The lowest BCUT2D eigenvalue weighted by Gasteiger charge is -2.26. The zero-order valence-corrected chi connectivity index (χ0v) is 21.6. The summed E-state index contributed by atoms with van der Waals surface area (Å²) in [4.78, 5) is 24.3. The molecular weight excluding hydrogens is 514 g/mol. The first-order valence-electron chi connectivity index (χ1n) is 13.0. The standard InChI is InChI=1S/C31H26F2N4O3/c32-23-5-1-20(2-6-23)27-25-19-26(30(38)35-13-14-37-15-17-39-18-16-37)40-31(25)36-29(22-3-7-24(33)8-4-22)28(27)21-9-11-34-12-10-21/h1-12,19H,13-18H2,(H,35,38). The molecular formula is C31H26F2N4O3. The lowest BCUT2D eigenvalue weighted by molar-refractivity contribution is 0.0382. The second-order valence-corrected chi connectivity index (χ2v) is 9.50. The van der Waals surface area contributed by atoms with Crippen molar-refractivity contribution >= 4 is 17.0 Å². The number of fused-ring (bicyclic) bond motifs is 1.